The van der Waals surface area contributed by atoms with Crippen LogP contribution in [0.4, 0.5) is 0 Å². The molecular formula is C24H23Cl2NO3. The van der Waals surface area contributed by atoms with Crippen LogP contribution in [0, 0.1) is 0 Å². The van der Waals surface area contributed by atoms with Gasteiger partial charge in [-0.25, -0.2) is 4.79 Å². The van der Waals surface area contributed by atoms with E-state index in [9.17, 15) is 14.7 Å². The SMILES string of the molecule is CCn1c(Cc2ccccc2C(C)C)cc(=O)c(C(=O)O)c1-c1ccc(Cl)c(Cl)c1. The van der Waals surface area contributed by atoms with Crippen LogP contribution >= 0.6 is 23.2 Å². The highest BCUT2D eigenvalue weighted by molar-refractivity contribution is 6.42. The van der Waals surface area contributed by atoms with Crippen molar-refractivity contribution in [3.05, 3.63) is 91.2 Å². The summed E-state index contributed by atoms with van der Waals surface area (Å²) in [5.41, 5.74) is 3.15. The minimum absolute atomic E-state index is 0.267. The van der Waals surface area contributed by atoms with Crippen molar-refractivity contribution in [2.45, 2.75) is 39.7 Å². The van der Waals surface area contributed by atoms with Crippen LogP contribution in [0.15, 0.2) is 53.3 Å². The number of nitrogens with zero attached hydrogens (tertiary/aromatic N) is 1. The molecule has 6 heteroatoms. The number of carboxylic acid groups (broad SMARTS) is 1. The topological polar surface area (TPSA) is 59.3 Å². The largest absolute Gasteiger partial charge is 0.477 e. The quantitative estimate of drug-likeness (QED) is 0.489. The third-order valence-electron chi connectivity index (χ3n) is 5.17. The Morgan fingerprint density at radius 3 is 2.37 bits per heavy atom. The standard InChI is InChI=1S/C24H23Cl2NO3/c1-4-27-17(11-15-7-5-6-8-18(15)14(2)3)13-21(28)22(24(29)30)23(27)16-9-10-19(25)20(26)12-16/h5-10,12-14H,4,11H2,1-3H3,(H,29,30). The third kappa shape index (κ3) is 4.30. The Bertz CT molecular complexity index is 1170. The summed E-state index contributed by atoms with van der Waals surface area (Å²) in [6.45, 7) is 6.67. The molecule has 0 aliphatic rings. The van der Waals surface area contributed by atoms with Crippen LogP contribution in [0.5, 0.6) is 0 Å². The van der Waals surface area contributed by atoms with Gasteiger partial charge in [0.25, 0.3) is 0 Å². The lowest BCUT2D eigenvalue weighted by Gasteiger charge is -2.21. The molecule has 3 aromatic rings. The lowest BCUT2D eigenvalue weighted by Crippen LogP contribution is -2.23. The second kappa shape index (κ2) is 9.07. The molecule has 156 valence electrons. The van der Waals surface area contributed by atoms with Gasteiger partial charge in [-0.15, -0.1) is 0 Å². The molecule has 1 aromatic heterocycles. The zero-order chi connectivity index (χ0) is 22.0. The summed E-state index contributed by atoms with van der Waals surface area (Å²) in [4.78, 5) is 24.8. The Balaban J connectivity index is 2.29. The van der Waals surface area contributed by atoms with Gasteiger partial charge in [-0.1, -0.05) is 67.4 Å². The molecule has 0 aliphatic carbocycles. The number of halogens is 2. The molecule has 0 saturated carbocycles. The molecule has 1 heterocycles. The number of carboxylic acids is 1. The van der Waals surface area contributed by atoms with E-state index in [1.165, 1.54) is 11.6 Å². The van der Waals surface area contributed by atoms with Crippen molar-refractivity contribution in [2.75, 3.05) is 0 Å². The molecular weight excluding hydrogens is 421 g/mol. The van der Waals surface area contributed by atoms with E-state index in [0.717, 1.165) is 11.3 Å². The molecule has 0 spiro atoms. The number of hydrogen-bond acceptors (Lipinski definition) is 2. The molecule has 0 fully saturated rings. The molecule has 0 saturated heterocycles. The van der Waals surface area contributed by atoms with Gasteiger partial charge in [0.05, 0.1) is 15.7 Å². The maximum Gasteiger partial charge on any atom is 0.341 e. The van der Waals surface area contributed by atoms with E-state index in [2.05, 4.69) is 19.9 Å². The normalized spacial score (nSPS) is 11.1. The Kier molecular flexibility index (Phi) is 6.69. The van der Waals surface area contributed by atoms with Gasteiger partial charge in [-0.2, -0.15) is 0 Å². The highest BCUT2D eigenvalue weighted by atomic mass is 35.5. The second-order valence-corrected chi connectivity index (χ2v) is 8.25. The van der Waals surface area contributed by atoms with E-state index in [1.54, 1.807) is 18.2 Å². The van der Waals surface area contributed by atoms with Crippen molar-refractivity contribution in [3.63, 3.8) is 0 Å². The summed E-state index contributed by atoms with van der Waals surface area (Å²) in [6, 6.07) is 14.4. The molecule has 3 rings (SSSR count). The van der Waals surface area contributed by atoms with Crippen molar-refractivity contribution in [3.8, 4) is 11.3 Å². The first-order chi connectivity index (χ1) is 14.2. The van der Waals surface area contributed by atoms with Crippen molar-refractivity contribution in [1.29, 1.82) is 0 Å². The van der Waals surface area contributed by atoms with E-state index < -0.39 is 11.4 Å². The number of hydrogen-bond donors (Lipinski definition) is 1. The van der Waals surface area contributed by atoms with Gasteiger partial charge in [-0.05, 0) is 36.1 Å². The summed E-state index contributed by atoms with van der Waals surface area (Å²) >= 11 is 12.2. The van der Waals surface area contributed by atoms with Gasteiger partial charge < -0.3 is 9.67 Å². The highest BCUT2D eigenvalue weighted by Gasteiger charge is 2.22. The molecule has 30 heavy (non-hydrogen) atoms. The molecule has 0 bridgehead atoms. The number of aromatic nitrogens is 1. The number of pyridine rings is 1. The fraction of sp³-hybridized carbons (Fsp3) is 0.250. The first-order valence-electron chi connectivity index (χ1n) is 9.77. The first-order valence-corrected chi connectivity index (χ1v) is 10.5. The summed E-state index contributed by atoms with van der Waals surface area (Å²) in [5, 5.41) is 10.4. The first kappa shape index (κ1) is 22.1. The predicted molar refractivity (Wildman–Crippen MR) is 122 cm³/mol. The summed E-state index contributed by atoms with van der Waals surface area (Å²) in [5.74, 6) is -0.937. The van der Waals surface area contributed by atoms with Crippen LogP contribution in [0.1, 0.15) is 53.9 Å². The van der Waals surface area contributed by atoms with Gasteiger partial charge >= 0.3 is 5.97 Å². The minimum Gasteiger partial charge on any atom is -0.477 e. The van der Waals surface area contributed by atoms with Gasteiger partial charge in [-0.3, -0.25) is 4.79 Å². The fourth-order valence-corrected chi connectivity index (χ4v) is 4.11. The molecule has 2 aromatic carbocycles. The van der Waals surface area contributed by atoms with E-state index in [4.69, 9.17) is 23.2 Å². The van der Waals surface area contributed by atoms with E-state index in [1.807, 2.05) is 29.7 Å². The van der Waals surface area contributed by atoms with Crippen molar-refractivity contribution in [2.24, 2.45) is 0 Å². The maximum atomic E-state index is 12.9. The Morgan fingerprint density at radius 2 is 1.77 bits per heavy atom. The maximum absolute atomic E-state index is 12.9. The van der Waals surface area contributed by atoms with Crippen LogP contribution in [-0.2, 0) is 13.0 Å². The minimum atomic E-state index is -1.27. The molecule has 1 N–H and O–H groups in total. The number of rotatable bonds is 6. The summed E-state index contributed by atoms with van der Waals surface area (Å²) in [6.07, 6.45) is 0.519. The molecule has 0 radical (unpaired) electrons. The van der Waals surface area contributed by atoms with Crippen LogP contribution in [0.25, 0.3) is 11.3 Å². The average molecular weight is 444 g/mol. The van der Waals surface area contributed by atoms with Crippen LogP contribution < -0.4 is 5.43 Å². The molecule has 0 aliphatic heterocycles. The van der Waals surface area contributed by atoms with Crippen molar-refractivity contribution >= 4 is 29.2 Å². The zero-order valence-corrected chi connectivity index (χ0v) is 18.6. The zero-order valence-electron chi connectivity index (χ0n) is 17.1. The van der Waals surface area contributed by atoms with E-state index in [0.29, 0.717) is 40.2 Å². The van der Waals surface area contributed by atoms with Crippen molar-refractivity contribution < 1.29 is 9.90 Å². The molecule has 0 atom stereocenters. The van der Waals surface area contributed by atoms with E-state index >= 15 is 0 Å². The fourth-order valence-electron chi connectivity index (χ4n) is 3.81. The smallest absolute Gasteiger partial charge is 0.341 e. The Hall–Kier alpha value is -2.56. The monoisotopic (exact) mass is 443 g/mol. The Morgan fingerprint density at radius 1 is 1.07 bits per heavy atom. The molecule has 0 unspecified atom stereocenters. The number of benzene rings is 2. The van der Waals surface area contributed by atoms with Gasteiger partial charge in [0.15, 0.2) is 5.43 Å². The van der Waals surface area contributed by atoms with Crippen molar-refractivity contribution in [1.82, 2.24) is 4.57 Å². The predicted octanol–water partition coefficient (Wildman–Crippen LogP) is 6.25. The Labute approximate surface area is 185 Å². The summed E-state index contributed by atoms with van der Waals surface area (Å²) < 4.78 is 1.88. The van der Waals surface area contributed by atoms with Gasteiger partial charge in [0.1, 0.15) is 5.56 Å². The van der Waals surface area contributed by atoms with Gasteiger partial charge in [0.2, 0.25) is 0 Å². The van der Waals surface area contributed by atoms with Gasteiger partial charge in [0, 0.05) is 30.3 Å². The second-order valence-electron chi connectivity index (χ2n) is 7.43. The highest BCUT2D eigenvalue weighted by Crippen LogP contribution is 2.31. The molecule has 0 amide bonds. The third-order valence-corrected chi connectivity index (χ3v) is 5.91. The average Bonchev–Trinajstić information content (AvgIpc) is 2.69. The lowest BCUT2D eigenvalue weighted by molar-refractivity contribution is 0.0695. The van der Waals surface area contributed by atoms with Crippen LogP contribution in [0.3, 0.4) is 0 Å². The van der Waals surface area contributed by atoms with Crippen LogP contribution in [0.2, 0.25) is 10.0 Å². The molecule has 4 nitrogen and oxygen atoms in total. The number of carbonyl (C=O) groups is 1. The lowest BCUT2D eigenvalue weighted by atomic mass is 9.93. The van der Waals surface area contributed by atoms with E-state index in [-0.39, 0.29) is 5.56 Å². The number of aromatic carboxylic acids is 1. The summed E-state index contributed by atoms with van der Waals surface area (Å²) in [7, 11) is 0. The van der Waals surface area contributed by atoms with Crippen LogP contribution in [-0.4, -0.2) is 15.6 Å².